The zero-order valence-electron chi connectivity index (χ0n) is 9.11. The van der Waals surface area contributed by atoms with Crippen molar-refractivity contribution in [3.8, 4) is 0 Å². The van der Waals surface area contributed by atoms with E-state index in [4.69, 9.17) is 11.6 Å². The molecule has 0 amide bonds. The van der Waals surface area contributed by atoms with E-state index in [-0.39, 0.29) is 5.28 Å². The number of rotatable bonds is 3. The molecule has 2 heterocycles. The maximum Gasteiger partial charge on any atom is 0.224 e. The molecule has 0 spiro atoms. The summed E-state index contributed by atoms with van der Waals surface area (Å²) in [5.74, 6) is 0.662. The van der Waals surface area contributed by atoms with Crippen LogP contribution in [0.3, 0.4) is 0 Å². The topological polar surface area (TPSA) is 50.7 Å². The Hall–Kier alpha value is -1.20. The van der Waals surface area contributed by atoms with Crippen LogP contribution in [0.5, 0.6) is 0 Å². The van der Waals surface area contributed by atoms with Crippen LogP contribution in [-0.2, 0) is 6.54 Å². The number of aromatic nitrogens is 3. The zero-order chi connectivity index (χ0) is 12.3. The van der Waals surface area contributed by atoms with Gasteiger partial charge in [-0.3, -0.25) is 4.98 Å². The number of nitrogens with zero attached hydrogens (tertiary/aromatic N) is 3. The molecule has 0 fully saturated rings. The van der Waals surface area contributed by atoms with Crippen molar-refractivity contribution in [3.05, 3.63) is 45.5 Å². The summed E-state index contributed by atoms with van der Waals surface area (Å²) < 4.78 is 0.774. The third-order valence-electron chi connectivity index (χ3n) is 2.26. The third kappa shape index (κ3) is 3.14. The molecule has 0 saturated carbocycles. The molecule has 2 rings (SSSR count). The van der Waals surface area contributed by atoms with E-state index in [0.717, 1.165) is 15.7 Å². The van der Waals surface area contributed by atoms with E-state index in [2.05, 4.69) is 36.2 Å². The average Bonchev–Trinajstić information content (AvgIpc) is 2.32. The summed E-state index contributed by atoms with van der Waals surface area (Å²) in [6.45, 7) is 2.62. The first-order valence-electron chi connectivity index (χ1n) is 4.99. The van der Waals surface area contributed by atoms with Crippen molar-refractivity contribution in [1.82, 2.24) is 15.0 Å². The van der Waals surface area contributed by atoms with E-state index < -0.39 is 0 Å². The average molecular weight is 314 g/mol. The molecular formula is C11H10BrClN4. The van der Waals surface area contributed by atoms with Crippen LogP contribution < -0.4 is 5.32 Å². The monoisotopic (exact) mass is 312 g/mol. The SMILES string of the molecule is Cc1cccnc1CNc1nc(Cl)ncc1Br. The zero-order valence-corrected chi connectivity index (χ0v) is 11.5. The molecule has 0 aliphatic carbocycles. The summed E-state index contributed by atoms with van der Waals surface area (Å²) in [5.41, 5.74) is 2.12. The highest BCUT2D eigenvalue weighted by atomic mass is 79.9. The lowest BCUT2D eigenvalue weighted by atomic mass is 10.2. The molecule has 4 nitrogen and oxygen atoms in total. The first kappa shape index (κ1) is 12.3. The Balaban J connectivity index is 2.12. The van der Waals surface area contributed by atoms with Gasteiger partial charge in [-0.1, -0.05) is 6.07 Å². The molecule has 0 unspecified atom stereocenters. The Labute approximate surface area is 113 Å². The van der Waals surface area contributed by atoms with Crippen molar-refractivity contribution >= 4 is 33.3 Å². The fourth-order valence-corrected chi connectivity index (χ4v) is 1.81. The maximum absolute atomic E-state index is 5.73. The maximum atomic E-state index is 5.73. The molecule has 88 valence electrons. The number of nitrogens with one attached hydrogen (secondary N) is 1. The molecule has 0 aliphatic rings. The van der Waals surface area contributed by atoms with Gasteiger partial charge < -0.3 is 5.32 Å². The van der Waals surface area contributed by atoms with Gasteiger partial charge in [-0.2, -0.15) is 4.98 Å². The minimum Gasteiger partial charge on any atom is -0.363 e. The van der Waals surface area contributed by atoms with E-state index >= 15 is 0 Å². The molecule has 0 radical (unpaired) electrons. The van der Waals surface area contributed by atoms with Crippen LogP contribution in [0.15, 0.2) is 29.0 Å². The van der Waals surface area contributed by atoms with Crippen LogP contribution in [0.1, 0.15) is 11.3 Å². The van der Waals surface area contributed by atoms with Crippen molar-refractivity contribution in [2.75, 3.05) is 5.32 Å². The first-order valence-corrected chi connectivity index (χ1v) is 6.16. The van der Waals surface area contributed by atoms with Gasteiger partial charge in [0.2, 0.25) is 5.28 Å². The standard InChI is InChI=1S/C11H10BrClN4/c1-7-3-2-4-14-9(7)6-15-10-8(12)5-16-11(13)17-10/h2-5H,6H2,1H3,(H,15,16,17). The largest absolute Gasteiger partial charge is 0.363 e. The Morgan fingerprint density at radius 2 is 2.24 bits per heavy atom. The Morgan fingerprint density at radius 1 is 1.41 bits per heavy atom. The van der Waals surface area contributed by atoms with Crippen LogP contribution >= 0.6 is 27.5 Å². The lowest BCUT2D eigenvalue weighted by Crippen LogP contribution is -2.05. The Morgan fingerprint density at radius 3 is 3.00 bits per heavy atom. The van der Waals surface area contributed by atoms with Crippen LogP contribution in [-0.4, -0.2) is 15.0 Å². The van der Waals surface area contributed by atoms with Gasteiger partial charge in [0.05, 0.1) is 16.7 Å². The highest BCUT2D eigenvalue weighted by Crippen LogP contribution is 2.20. The summed E-state index contributed by atoms with van der Waals surface area (Å²) in [5, 5.41) is 3.38. The fourth-order valence-electron chi connectivity index (χ4n) is 1.34. The van der Waals surface area contributed by atoms with E-state index in [0.29, 0.717) is 12.4 Å². The number of halogens is 2. The summed E-state index contributed by atoms with van der Waals surface area (Å²) in [6, 6.07) is 3.93. The number of anilines is 1. The highest BCUT2D eigenvalue weighted by Gasteiger charge is 2.04. The summed E-state index contributed by atoms with van der Waals surface area (Å²) in [4.78, 5) is 12.2. The lowest BCUT2D eigenvalue weighted by molar-refractivity contribution is 0.995. The molecule has 0 aromatic carbocycles. The summed E-state index contributed by atoms with van der Waals surface area (Å²) >= 11 is 9.09. The van der Waals surface area contributed by atoms with Crippen LogP contribution in [0.25, 0.3) is 0 Å². The molecule has 0 aliphatic heterocycles. The summed E-state index contributed by atoms with van der Waals surface area (Å²) in [7, 11) is 0. The van der Waals surface area contributed by atoms with Gasteiger partial charge >= 0.3 is 0 Å². The van der Waals surface area contributed by atoms with E-state index in [1.54, 1.807) is 12.4 Å². The van der Waals surface area contributed by atoms with Gasteiger partial charge in [0.25, 0.3) is 0 Å². The summed E-state index contributed by atoms with van der Waals surface area (Å²) in [6.07, 6.45) is 3.38. The number of hydrogen-bond donors (Lipinski definition) is 1. The molecule has 17 heavy (non-hydrogen) atoms. The van der Waals surface area contributed by atoms with Gasteiger partial charge in [-0.15, -0.1) is 0 Å². The van der Waals surface area contributed by atoms with Crippen molar-refractivity contribution in [2.24, 2.45) is 0 Å². The minimum absolute atomic E-state index is 0.216. The quantitative estimate of drug-likeness (QED) is 0.884. The predicted octanol–water partition coefficient (Wildman–Crippen LogP) is 3.21. The molecule has 0 saturated heterocycles. The molecule has 1 N–H and O–H groups in total. The normalized spacial score (nSPS) is 10.3. The van der Waals surface area contributed by atoms with Crippen LogP contribution in [0.2, 0.25) is 5.28 Å². The van der Waals surface area contributed by atoms with E-state index in [1.165, 1.54) is 0 Å². The van der Waals surface area contributed by atoms with Gasteiger partial charge in [0.1, 0.15) is 5.82 Å². The second kappa shape index (κ2) is 5.42. The van der Waals surface area contributed by atoms with Crippen molar-refractivity contribution in [3.63, 3.8) is 0 Å². The highest BCUT2D eigenvalue weighted by molar-refractivity contribution is 9.10. The minimum atomic E-state index is 0.216. The Bertz CT molecular complexity index is 533. The van der Waals surface area contributed by atoms with E-state index in [9.17, 15) is 0 Å². The Kier molecular flexibility index (Phi) is 3.91. The van der Waals surface area contributed by atoms with Crippen molar-refractivity contribution in [1.29, 1.82) is 0 Å². The smallest absolute Gasteiger partial charge is 0.224 e. The van der Waals surface area contributed by atoms with Gasteiger partial charge in [0, 0.05) is 12.4 Å². The van der Waals surface area contributed by atoms with Crippen LogP contribution in [0.4, 0.5) is 5.82 Å². The molecular weight excluding hydrogens is 304 g/mol. The third-order valence-corrected chi connectivity index (χ3v) is 3.02. The van der Waals surface area contributed by atoms with Gasteiger partial charge in [-0.05, 0) is 46.1 Å². The lowest BCUT2D eigenvalue weighted by Gasteiger charge is -2.08. The first-order chi connectivity index (χ1) is 8.16. The second-order valence-corrected chi connectivity index (χ2v) is 4.65. The molecule has 0 bridgehead atoms. The number of pyridine rings is 1. The van der Waals surface area contributed by atoms with E-state index in [1.807, 2.05) is 19.1 Å². The molecule has 0 atom stereocenters. The molecule has 2 aromatic heterocycles. The molecule has 2 aromatic rings. The van der Waals surface area contributed by atoms with Gasteiger partial charge in [-0.25, -0.2) is 4.98 Å². The fraction of sp³-hybridized carbons (Fsp3) is 0.182. The predicted molar refractivity (Wildman–Crippen MR) is 71.0 cm³/mol. The molecule has 6 heteroatoms. The van der Waals surface area contributed by atoms with Crippen molar-refractivity contribution in [2.45, 2.75) is 13.5 Å². The van der Waals surface area contributed by atoms with Gasteiger partial charge in [0.15, 0.2) is 0 Å². The number of hydrogen-bond acceptors (Lipinski definition) is 4. The van der Waals surface area contributed by atoms with Crippen LogP contribution in [0, 0.1) is 6.92 Å². The number of aryl methyl sites for hydroxylation is 1. The van der Waals surface area contributed by atoms with Crippen molar-refractivity contribution < 1.29 is 0 Å². The second-order valence-electron chi connectivity index (χ2n) is 3.46.